The Balaban J connectivity index is 1.92. The zero-order valence-corrected chi connectivity index (χ0v) is 14.5. The molecule has 0 fully saturated rings. The van der Waals surface area contributed by atoms with Crippen LogP contribution in [0, 0.1) is 13.8 Å². The fourth-order valence-electron chi connectivity index (χ4n) is 3.34. The Morgan fingerprint density at radius 1 is 1.21 bits per heavy atom. The molecule has 1 aliphatic heterocycles. The third-order valence-electron chi connectivity index (χ3n) is 4.47. The number of nitrogens with zero attached hydrogens (tertiary/aromatic N) is 2. The van der Waals surface area contributed by atoms with Crippen molar-refractivity contribution < 1.29 is 14.3 Å². The monoisotopic (exact) mass is 326 g/mol. The summed E-state index contributed by atoms with van der Waals surface area (Å²) in [7, 11) is 2.86. The predicted octanol–water partition coefficient (Wildman–Crippen LogP) is 3.06. The molecule has 0 bridgehead atoms. The number of esters is 1. The fourth-order valence-corrected chi connectivity index (χ4v) is 3.34. The number of carbonyl (C=O) groups excluding carboxylic acids is 1. The minimum absolute atomic E-state index is 0.297. The van der Waals surface area contributed by atoms with Gasteiger partial charge in [-0.05, 0) is 49.1 Å². The van der Waals surface area contributed by atoms with Gasteiger partial charge in [0.2, 0.25) is 5.88 Å². The highest BCUT2D eigenvalue weighted by Gasteiger charge is 2.22. The van der Waals surface area contributed by atoms with Crippen molar-refractivity contribution in [3.8, 4) is 5.88 Å². The van der Waals surface area contributed by atoms with Crippen molar-refractivity contribution in [2.75, 3.05) is 25.7 Å². The number of aromatic nitrogens is 1. The second-order valence-electron chi connectivity index (χ2n) is 6.11. The third-order valence-corrected chi connectivity index (χ3v) is 4.47. The number of carbonyl (C=O) groups is 1. The molecule has 0 amide bonds. The Morgan fingerprint density at radius 2 is 2.00 bits per heavy atom. The predicted molar refractivity (Wildman–Crippen MR) is 92.8 cm³/mol. The van der Waals surface area contributed by atoms with Gasteiger partial charge in [-0.15, -0.1) is 0 Å². The molecule has 0 spiro atoms. The number of ether oxygens (including phenoxy) is 2. The number of aryl methyl sites for hydroxylation is 2. The van der Waals surface area contributed by atoms with Crippen molar-refractivity contribution in [3.63, 3.8) is 0 Å². The number of hydrogen-bond acceptors (Lipinski definition) is 5. The van der Waals surface area contributed by atoms with Crippen molar-refractivity contribution in [2.45, 2.75) is 26.8 Å². The first kappa shape index (κ1) is 16.3. The van der Waals surface area contributed by atoms with Crippen molar-refractivity contribution in [3.05, 3.63) is 52.1 Å². The fraction of sp³-hybridized carbons (Fsp3) is 0.368. The van der Waals surface area contributed by atoms with Crippen LogP contribution in [-0.2, 0) is 17.7 Å². The lowest BCUT2D eigenvalue weighted by Crippen LogP contribution is -2.31. The van der Waals surface area contributed by atoms with Gasteiger partial charge < -0.3 is 14.4 Å². The second kappa shape index (κ2) is 6.51. The quantitative estimate of drug-likeness (QED) is 0.812. The van der Waals surface area contributed by atoms with E-state index in [-0.39, 0.29) is 0 Å². The van der Waals surface area contributed by atoms with E-state index in [4.69, 9.17) is 9.47 Å². The maximum Gasteiger partial charge on any atom is 0.343 e. The van der Waals surface area contributed by atoms with Crippen LogP contribution in [-0.4, -0.2) is 31.7 Å². The molecule has 1 aliphatic rings. The lowest BCUT2D eigenvalue weighted by Gasteiger charge is -2.31. The number of pyridine rings is 1. The Bertz CT molecular complexity index is 786. The maximum atomic E-state index is 11.8. The molecule has 0 saturated carbocycles. The molecule has 2 aromatic rings. The van der Waals surface area contributed by atoms with Gasteiger partial charge in [0, 0.05) is 13.1 Å². The van der Waals surface area contributed by atoms with E-state index in [1.807, 2.05) is 6.07 Å². The Morgan fingerprint density at radius 3 is 2.71 bits per heavy atom. The average Bonchev–Trinajstić information content (AvgIpc) is 2.59. The van der Waals surface area contributed by atoms with Crippen molar-refractivity contribution in [1.82, 2.24) is 4.98 Å². The molecule has 2 heterocycles. The first-order chi connectivity index (χ1) is 11.5. The van der Waals surface area contributed by atoms with Crippen LogP contribution < -0.4 is 9.64 Å². The lowest BCUT2D eigenvalue weighted by molar-refractivity contribution is 0.0596. The summed E-state index contributed by atoms with van der Waals surface area (Å²) in [4.78, 5) is 18.5. The van der Waals surface area contributed by atoms with Crippen LogP contribution in [0.2, 0.25) is 0 Å². The molecule has 24 heavy (non-hydrogen) atoms. The summed E-state index contributed by atoms with van der Waals surface area (Å²) in [6, 6.07) is 8.04. The van der Waals surface area contributed by atoms with E-state index in [1.165, 1.54) is 36.5 Å². The van der Waals surface area contributed by atoms with Gasteiger partial charge in [0.25, 0.3) is 0 Å². The molecular weight excluding hydrogens is 304 g/mol. The SMILES string of the molecule is COC(=O)c1ccc(N2CCc3c(C)cc(C)cc3C2)nc1OC. The summed E-state index contributed by atoms with van der Waals surface area (Å²) in [6.45, 7) is 6.00. The summed E-state index contributed by atoms with van der Waals surface area (Å²) in [5, 5.41) is 0. The van der Waals surface area contributed by atoms with Gasteiger partial charge in [0.15, 0.2) is 0 Å². The van der Waals surface area contributed by atoms with Crippen LogP contribution in [0.25, 0.3) is 0 Å². The van der Waals surface area contributed by atoms with E-state index >= 15 is 0 Å². The second-order valence-corrected chi connectivity index (χ2v) is 6.11. The van der Waals surface area contributed by atoms with Crippen molar-refractivity contribution >= 4 is 11.8 Å². The molecule has 1 aromatic heterocycles. The van der Waals surface area contributed by atoms with Crippen LogP contribution >= 0.6 is 0 Å². The van der Waals surface area contributed by atoms with E-state index in [2.05, 4.69) is 35.9 Å². The Kier molecular flexibility index (Phi) is 4.42. The highest BCUT2D eigenvalue weighted by molar-refractivity contribution is 5.92. The summed E-state index contributed by atoms with van der Waals surface area (Å²) in [6.07, 6.45) is 0.990. The summed E-state index contributed by atoms with van der Waals surface area (Å²) in [5.74, 6) is 0.663. The number of benzene rings is 1. The Hall–Kier alpha value is -2.56. The molecule has 0 aliphatic carbocycles. The lowest BCUT2D eigenvalue weighted by atomic mass is 9.93. The highest BCUT2D eigenvalue weighted by Crippen LogP contribution is 2.28. The largest absolute Gasteiger partial charge is 0.480 e. The molecule has 0 N–H and O–H groups in total. The summed E-state index contributed by atoms with van der Waals surface area (Å²) >= 11 is 0. The molecular formula is C19H22N2O3. The van der Waals surface area contributed by atoms with E-state index in [0.29, 0.717) is 11.4 Å². The number of hydrogen-bond donors (Lipinski definition) is 0. The van der Waals surface area contributed by atoms with Gasteiger partial charge in [-0.25, -0.2) is 4.79 Å². The minimum atomic E-state index is -0.443. The van der Waals surface area contributed by atoms with Crippen LogP contribution in [0.3, 0.4) is 0 Å². The first-order valence-electron chi connectivity index (χ1n) is 8.00. The molecule has 3 rings (SSSR count). The van der Waals surface area contributed by atoms with Gasteiger partial charge in [-0.2, -0.15) is 4.98 Å². The molecule has 0 saturated heterocycles. The molecule has 1 aromatic carbocycles. The number of anilines is 1. The summed E-state index contributed by atoms with van der Waals surface area (Å²) in [5.41, 5.74) is 5.76. The maximum absolute atomic E-state index is 11.8. The van der Waals surface area contributed by atoms with Gasteiger partial charge in [0.1, 0.15) is 11.4 Å². The number of methoxy groups -OCH3 is 2. The van der Waals surface area contributed by atoms with Crippen LogP contribution in [0.15, 0.2) is 24.3 Å². The van der Waals surface area contributed by atoms with E-state index in [9.17, 15) is 4.79 Å². The molecule has 5 nitrogen and oxygen atoms in total. The summed E-state index contributed by atoms with van der Waals surface area (Å²) < 4.78 is 10.0. The van der Waals surface area contributed by atoms with Gasteiger partial charge in [-0.1, -0.05) is 17.7 Å². The van der Waals surface area contributed by atoms with E-state index < -0.39 is 5.97 Å². The number of fused-ring (bicyclic) bond motifs is 1. The van der Waals surface area contributed by atoms with E-state index in [1.54, 1.807) is 6.07 Å². The highest BCUT2D eigenvalue weighted by atomic mass is 16.5. The Labute approximate surface area is 142 Å². The molecule has 0 radical (unpaired) electrons. The topological polar surface area (TPSA) is 51.7 Å². The molecule has 0 unspecified atom stereocenters. The average molecular weight is 326 g/mol. The van der Waals surface area contributed by atoms with E-state index in [0.717, 1.165) is 25.3 Å². The van der Waals surface area contributed by atoms with Crippen LogP contribution in [0.4, 0.5) is 5.82 Å². The third kappa shape index (κ3) is 2.94. The normalized spacial score (nSPS) is 13.4. The van der Waals surface area contributed by atoms with Crippen molar-refractivity contribution in [2.24, 2.45) is 0 Å². The van der Waals surface area contributed by atoms with Gasteiger partial charge in [-0.3, -0.25) is 0 Å². The zero-order valence-electron chi connectivity index (χ0n) is 14.5. The standard InChI is InChI=1S/C19H22N2O3/c1-12-9-13(2)15-7-8-21(11-14(15)10-12)17-6-5-16(19(22)24-4)18(20-17)23-3/h5-6,9-10H,7-8,11H2,1-4H3. The molecule has 126 valence electrons. The van der Waals surface area contributed by atoms with Gasteiger partial charge >= 0.3 is 5.97 Å². The number of rotatable bonds is 3. The van der Waals surface area contributed by atoms with Crippen LogP contribution in [0.1, 0.15) is 32.6 Å². The van der Waals surface area contributed by atoms with Gasteiger partial charge in [0.05, 0.1) is 14.2 Å². The molecule has 0 atom stereocenters. The smallest absolute Gasteiger partial charge is 0.343 e. The van der Waals surface area contributed by atoms with Crippen LogP contribution in [0.5, 0.6) is 5.88 Å². The minimum Gasteiger partial charge on any atom is -0.480 e. The van der Waals surface area contributed by atoms with Crippen molar-refractivity contribution in [1.29, 1.82) is 0 Å². The zero-order chi connectivity index (χ0) is 17.3. The first-order valence-corrected chi connectivity index (χ1v) is 8.00. The molecule has 5 heteroatoms.